The van der Waals surface area contributed by atoms with E-state index in [-0.39, 0.29) is 12.5 Å². The van der Waals surface area contributed by atoms with Crippen molar-refractivity contribution < 1.29 is 13.2 Å². The molecule has 0 spiro atoms. The predicted octanol–water partition coefficient (Wildman–Crippen LogP) is 3.50. The molecular formula is C11H20F3N. The molecule has 0 aromatic carbocycles. The third-order valence-corrected chi connectivity index (χ3v) is 2.97. The molecule has 4 heteroatoms. The Morgan fingerprint density at radius 1 is 1.27 bits per heavy atom. The minimum atomic E-state index is -4.07. The Balaban J connectivity index is 2.36. The minimum Gasteiger partial charge on any atom is -0.303 e. The van der Waals surface area contributed by atoms with E-state index in [1.165, 1.54) is 0 Å². The molecule has 0 bridgehead atoms. The summed E-state index contributed by atoms with van der Waals surface area (Å²) in [5, 5.41) is 2.72. The molecule has 0 aromatic rings. The maximum absolute atomic E-state index is 12.5. The van der Waals surface area contributed by atoms with E-state index in [2.05, 4.69) is 19.2 Å². The smallest absolute Gasteiger partial charge is 0.303 e. The molecule has 1 fully saturated rings. The van der Waals surface area contributed by atoms with Gasteiger partial charge >= 0.3 is 6.18 Å². The van der Waals surface area contributed by atoms with E-state index >= 15 is 0 Å². The second-order valence-electron chi connectivity index (χ2n) is 4.86. The highest BCUT2D eigenvalue weighted by molar-refractivity contribution is 4.85. The number of halogens is 3. The Labute approximate surface area is 89.4 Å². The van der Waals surface area contributed by atoms with Gasteiger partial charge < -0.3 is 5.32 Å². The van der Waals surface area contributed by atoms with Crippen LogP contribution in [0.25, 0.3) is 0 Å². The normalized spacial score (nSPS) is 28.4. The first-order valence-corrected chi connectivity index (χ1v) is 5.72. The Hall–Kier alpha value is -0.250. The second kappa shape index (κ2) is 5.19. The highest BCUT2D eigenvalue weighted by atomic mass is 19.4. The lowest BCUT2D eigenvalue weighted by atomic mass is 9.93. The number of rotatable bonds is 3. The van der Waals surface area contributed by atoms with Gasteiger partial charge in [0, 0.05) is 6.04 Å². The van der Waals surface area contributed by atoms with Gasteiger partial charge in [0.25, 0.3) is 0 Å². The third-order valence-electron chi connectivity index (χ3n) is 2.97. The molecule has 2 unspecified atom stereocenters. The molecule has 1 heterocycles. The zero-order chi connectivity index (χ0) is 11.5. The van der Waals surface area contributed by atoms with E-state index in [4.69, 9.17) is 0 Å². The Morgan fingerprint density at radius 2 is 1.93 bits per heavy atom. The number of piperidine rings is 1. The molecule has 1 rings (SSSR count). The molecule has 0 aromatic heterocycles. The Bertz CT molecular complexity index is 189. The van der Waals surface area contributed by atoms with Crippen LogP contribution in [0.3, 0.4) is 0 Å². The Kier molecular flexibility index (Phi) is 4.44. The number of hydrogen-bond donors (Lipinski definition) is 1. The molecule has 0 aliphatic carbocycles. The fourth-order valence-electron chi connectivity index (χ4n) is 2.04. The van der Waals surface area contributed by atoms with Crippen LogP contribution in [0, 0.1) is 5.92 Å². The first kappa shape index (κ1) is 12.8. The van der Waals surface area contributed by atoms with Crippen LogP contribution in [0.2, 0.25) is 0 Å². The van der Waals surface area contributed by atoms with Crippen LogP contribution in [0.4, 0.5) is 13.2 Å². The summed E-state index contributed by atoms with van der Waals surface area (Å²) in [4.78, 5) is 0. The summed E-state index contributed by atoms with van der Waals surface area (Å²) in [6.07, 6.45) is -0.385. The zero-order valence-corrected chi connectivity index (χ0v) is 9.40. The van der Waals surface area contributed by atoms with Gasteiger partial charge in [-0.05, 0) is 31.6 Å². The van der Waals surface area contributed by atoms with Gasteiger partial charge in [0.15, 0.2) is 0 Å². The minimum absolute atomic E-state index is 0.0628. The van der Waals surface area contributed by atoms with Crippen molar-refractivity contribution >= 4 is 0 Å². The van der Waals surface area contributed by atoms with Crippen molar-refractivity contribution in [1.29, 1.82) is 0 Å². The van der Waals surface area contributed by atoms with E-state index in [1.54, 1.807) is 0 Å². The fraction of sp³-hybridized carbons (Fsp3) is 1.00. The first-order chi connectivity index (χ1) is 6.89. The molecule has 1 nitrogen and oxygen atoms in total. The summed E-state index contributed by atoms with van der Waals surface area (Å²) < 4.78 is 37.4. The molecule has 1 aliphatic heterocycles. The first-order valence-electron chi connectivity index (χ1n) is 5.72. The molecule has 0 saturated carbocycles. The van der Waals surface area contributed by atoms with Gasteiger partial charge in [-0.1, -0.05) is 20.3 Å². The van der Waals surface area contributed by atoms with Crippen LogP contribution >= 0.6 is 0 Å². The van der Waals surface area contributed by atoms with Crippen molar-refractivity contribution in [3.05, 3.63) is 0 Å². The van der Waals surface area contributed by atoms with Crippen LogP contribution in [0.1, 0.15) is 46.0 Å². The third kappa shape index (κ3) is 4.41. The van der Waals surface area contributed by atoms with Crippen LogP contribution in [-0.4, -0.2) is 18.3 Å². The molecule has 1 aliphatic rings. The van der Waals surface area contributed by atoms with E-state index in [0.717, 1.165) is 19.3 Å². The standard InChI is InChI=1S/C11H20F3N/c1-8(2)6-7-9-4-3-5-10(15-9)11(12,13)14/h8-10,15H,3-7H2,1-2H3. The largest absolute Gasteiger partial charge is 0.403 e. The lowest BCUT2D eigenvalue weighted by molar-refractivity contribution is -0.163. The van der Waals surface area contributed by atoms with Crippen LogP contribution < -0.4 is 5.32 Å². The van der Waals surface area contributed by atoms with Gasteiger partial charge in [-0.3, -0.25) is 0 Å². The van der Waals surface area contributed by atoms with Gasteiger partial charge in [-0.25, -0.2) is 0 Å². The van der Waals surface area contributed by atoms with Crippen molar-refractivity contribution in [3.8, 4) is 0 Å². The van der Waals surface area contributed by atoms with E-state index in [9.17, 15) is 13.2 Å². The van der Waals surface area contributed by atoms with Crippen LogP contribution in [0.15, 0.2) is 0 Å². The summed E-state index contributed by atoms with van der Waals surface area (Å²) in [6.45, 7) is 4.20. The van der Waals surface area contributed by atoms with Gasteiger partial charge in [0.05, 0.1) is 0 Å². The second-order valence-corrected chi connectivity index (χ2v) is 4.86. The molecule has 90 valence electrons. The summed E-state index contributed by atoms with van der Waals surface area (Å²) >= 11 is 0. The lowest BCUT2D eigenvalue weighted by Gasteiger charge is -2.32. The van der Waals surface area contributed by atoms with Crippen molar-refractivity contribution in [2.24, 2.45) is 5.92 Å². The predicted molar refractivity (Wildman–Crippen MR) is 54.7 cm³/mol. The van der Waals surface area contributed by atoms with Gasteiger partial charge in [-0.15, -0.1) is 0 Å². The van der Waals surface area contributed by atoms with E-state index in [0.29, 0.717) is 12.3 Å². The van der Waals surface area contributed by atoms with Crippen molar-refractivity contribution in [2.75, 3.05) is 0 Å². The summed E-state index contributed by atoms with van der Waals surface area (Å²) in [5.41, 5.74) is 0. The van der Waals surface area contributed by atoms with Crippen LogP contribution in [0.5, 0.6) is 0 Å². The van der Waals surface area contributed by atoms with Crippen molar-refractivity contribution in [3.63, 3.8) is 0 Å². The summed E-state index contributed by atoms with van der Waals surface area (Å²) in [6, 6.07) is -1.21. The Morgan fingerprint density at radius 3 is 2.47 bits per heavy atom. The molecule has 2 atom stereocenters. The van der Waals surface area contributed by atoms with E-state index < -0.39 is 12.2 Å². The molecule has 0 amide bonds. The summed E-state index contributed by atoms with van der Waals surface area (Å²) in [7, 11) is 0. The highest BCUT2D eigenvalue weighted by Gasteiger charge is 2.41. The molecular weight excluding hydrogens is 203 g/mol. The zero-order valence-electron chi connectivity index (χ0n) is 9.40. The topological polar surface area (TPSA) is 12.0 Å². The van der Waals surface area contributed by atoms with Gasteiger partial charge in [-0.2, -0.15) is 13.2 Å². The SMILES string of the molecule is CC(C)CCC1CCCC(C(F)(F)F)N1. The molecule has 0 radical (unpaired) electrons. The average Bonchev–Trinajstić information content (AvgIpc) is 2.14. The fourth-order valence-corrected chi connectivity index (χ4v) is 2.04. The number of alkyl halides is 3. The lowest BCUT2D eigenvalue weighted by Crippen LogP contribution is -2.50. The highest BCUT2D eigenvalue weighted by Crippen LogP contribution is 2.29. The number of nitrogens with one attached hydrogen (secondary N) is 1. The van der Waals surface area contributed by atoms with Gasteiger partial charge in [0.2, 0.25) is 0 Å². The number of hydrogen-bond acceptors (Lipinski definition) is 1. The van der Waals surface area contributed by atoms with E-state index in [1.807, 2.05) is 0 Å². The quantitative estimate of drug-likeness (QED) is 0.772. The molecule has 15 heavy (non-hydrogen) atoms. The van der Waals surface area contributed by atoms with Crippen LogP contribution in [-0.2, 0) is 0 Å². The maximum Gasteiger partial charge on any atom is 0.403 e. The molecule has 1 saturated heterocycles. The van der Waals surface area contributed by atoms with Gasteiger partial charge in [0.1, 0.15) is 6.04 Å². The van der Waals surface area contributed by atoms with Crippen molar-refractivity contribution in [2.45, 2.75) is 64.2 Å². The van der Waals surface area contributed by atoms with Crippen molar-refractivity contribution in [1.82, 2.24) is 5.32 Å². The molecule has 1 N–H and O–H groups in total. The average molecular weight is 223 g/mol. The maximum atomic E-state index is 12.5. The summed E-state index contributed by atoms with van der Waals surface area (Å²) in [5.74, 6) is 0.568. The monoisotopic (exact) mass is 223 g/mol.